The maximum absolute atomic E-state index is 13.7. The Balaban J connectivity index is 1.22. The van der Waals surface area contributed by atoms with Gasteiger partial charge in [-0.25, -0.2) is 9.37 Å². The molecular formula is C33H34FN3O. The van der Waals surface area contributed by atoms with Gasteiger partial charge >= 0.3 is 0 Å². The molecule has 0 radical (unpaired) electrons. The number of hydrogen-bond donors (Lipinski definition) is 1. The molecule has 0 bridgehead atoms. The lowest BCUT2D eigenvalue weighted by atomic mass is 9.72. The van der Waals surface area contributed by atoms with Crippen LogP contribution in [0, 0.1) is 26.6 Å². The second-order valence-electron chi connectivity index (χ2n) is 10.4. The van der Waals surface area contributed by atoms with Gasteiger partial charge in [-0.3, -0.25) is 4.79 Å². The number of fused-ring (bicyclic) bond motifs is 1. The molecule has 1 aromatic heterocycles. The van der Waals surface area contributed by atoms with E-state index in [4.69, 9.17) is 0 Å². The van der Waals surface area contributed by atoms with Crippen LogP contribution in [0.5, 0.6) is 0 Å². The van der Waals surface area contributed by atoms with E-state index < -0.39 is 0 Å². The number of imidazole rings is 1. The van der Waals surface area contributed by atoms with Crippen LogP contribution in [0.3, 0.4) is 0 Å². The Morgan fingerprint density at radius 3 is 2.63 bits per heavy atom. The van der Waals surface area contributed by atoms with E-state index in [0.29, 0.717) is 6.54 Å². The van der Waals surface area contributed by atoms with Crippen molar-refractivity contribution in [3.8, 4) is 5.69 Å². The normalized spacial score (nSPS) is 16.6. The van der Waals surface area contributed by atoms with Crippen LogP contribution in [0.15, 0.2) is 79.3 Å². The molecule has 1 amide bonds. The predicted molar refractivity (Wildman–Crippen MR) is 151 cm³/mol. The van der Waals surface area contributed by atoms with Crippen molar-refractivity contribution in [2.75, 3.05) is 6.54 Å². The van der Waals surface area contributed by atoms with Crippen molar-refractivity contribution in [2.24, 2.45) is 0 Å². The average molecular weight is 508 g/mol. The molecule has 3 aromatic carbocycles. The van der Waals surface area contributed by atoms with Gasteiger partial charge in [0.05, 0.1) is 12.0 Å². The molecule has 4 aromatic rings. The highest BCUT2D eigenvalue weighted by molar-refractivity contribution is 5.91. The van der Waals surface area contributed by atoms with Crippen molar-refractivity contribution in [3.05, 3.63) is 124 Å². The van der Waals surface area contributed by atoms with Crippen molar-refractivity contribution in [1.82, 2.24) is 14.9 Å². The lowest BCUT2D eigenvalue weighted by molar-refractivity contribution is -0.116. The SMILES string of the molecule is Cc1ccc2c(c1)C(CCCNC(=O)/C=C/c1ccc(-n3cnc(C)c3)c(C)c1)(c1ccc(F)cc1)CC2. The van der Waals surface area contributed by atoms with Gasteiger partial charge in [-0.1, -0.05) is 42.0 Å². The molecular weight excluding hydrogens is 473 g/mol. The molecule has 5 rings (SSSR count). The quantitative estimate of drug-likeness (QED) is 0.211. The zero-order chi connectivity index (χ0) is 26.7. The third-order valence-corrected chi connectivity index (χ3v) is 7.72. The molecule has 0 aliphatic heterocycles. The summed E-state index contributed by atoms with van der Waals surface area (Å²) in [5.74, 6) is -0.317. The van der Waals surface area contributed by atoms with Crippen molar-refractivity contribution in [3.63, 3.8) is 0 Å². The molecule has 5 heteroatoms. The number of carbonyl (C=O) groups excluding carboxylic acids is 1. The van der Waals surface area contributed by atoms with E-state index in [1.807, 2.05) is 54.4 Å². The third kappa shape index (κ3) is 5.33. The molecule has 0 spiro atoms. The monoisotopic (exact) mass is 507 g/mol. The fraction of sp³-hybridized carbons (Fsp3) is 0.273. The van der Waals surface area contributed by atoms with E-state index in [0.717, 1.165) is 53.8 Å². The van der Waals surface area contributed by atoms with E-state index in [1.165, 1.54) is 16.7 Å². The van der Waals surface area contributed by atoms with Crippen LogP contribution in [0.1, 0.15) is 58.3 Å². The van der Waals surface area contributed by atoms with Gasteiger partial charge in [0, 0.05) is 29.9 Å². The van der Waals surface area contributed by atoms with E-state index in [-0.39, 0.29) is 17.1 Å². The first-order chi connectivity index (χ1) is 18.3. The largest absolute Gasteiger partial charge is 0.353 e. The van der Waals surface area contributed by atoms with Gasteiger partial charge in [0.2, 0.25) is 5.91 Å². The lowest BCUT2D eigenvalue weighted by Crippen LogP contribution is -2.28. The molecule has 0 saturated carbocycles. The van der Waals surface area contributed by atoms with Crippen LogP contribution in [0.4, 0.5) is 4.39 Å². The van der Waals surface area contributed by atoms with Gasteiger partial charge in [-0.15, -0.1) is 0 Å². The minimum atomic E-state index is -0.216. The Kier molecular flexibility index (Phi) is 7.28. The summed E-state index contributed by atoms with van der Waals surface area (Å²) in [5, 5.41) is 3.05. The molecule has 1 unspecified atom stereocenters. The average Bonchev–Trinajstić information content (AvgIpc) is 3.50. The highest BCUT2D eigenvalue weighted by atomic mass is 19.1. The fourth-order valence-electron chi connectivity index (χ4n) is 5.77. The van der Waals surface area contributed by atoms with Crippen molar-refractivity contribution in [2.45, 2.75) is 51.9 Å². The van der Waals surface area contributed by atoms with Crippen LogP contribution >= 0.6 is 0 Å². The summed E-state index contributed by atoms with van der Waals surface area (Å²) in [5.41, 5.74) is 9.10. The van der Waals surface area contributed by atoms with Gasteiger partial charge in [0.25, 0.3) is 0 Å². The molecule has 1 atom stereocenters. The van der Waals surface area contributed by atoms with Crippen LogP contribution in [-0.4, -0.2) is 22.0 Å². The molecule has 1 aliphatic carbocycles. The van der Waals surface area contributed by atoms with Gasteiger partial charge in [-0.2, -0.15) is 0 Å². The van der Waals surface area contributed by atoms with E-state index in [1.54, 1.807) is 18.2 Å². The first-order valence-electron chi connectivity index (χ1n) is 13.3. The number of hydrogen-bond acceptors (Lipinski definition) is 2. The predicted octanol–water partition coefficient (Wildman–Crippen LogP) is 6.78. The molecule has 38 heavy (non-hydrogen) atoms. The second kappa shape index (κ2) is 10.8. The third-order valence-electron chi connectivity index (χ3n) is 7.72. The van der Waals surface area contributed by atoms with Crippen LogP contribution in [0.25, 0.3) is 11.8 Å². The molecule has 1 N–H and O–H groups in total. The highest BCUT2D eigenvalue weighted by Crippen LogP contribution is 2.47. The second-order valence-corrected chi connectivity index (χ2v) is 10.4. The van der Waals surface area contributed by atoms with Gasteiger partial charge in [0.1, 0.15) is 5.82 Å². The summed E-state index contributed by atoms with van der Waals surface area (Å²) in [6, 6.07) is 19.8. The van der Waals surface area contributed by atoms with Crippen LogP contribution < -0.4 is 5.32 Å². The number of aryl methyl sites for hydroxylation is 4. The number of nitrogens with zero attached hydrogens (tertiary/aromatic N) is 2. The van der Waals surface area contributed by atoms with E-state index >= 15 is 0 Å². The summed E-state index contributed by atoms with van der Waals surface area (Å²) >= 11 is 0. The molecule has 194 valence electrons. The summed E-state index contributed by atoms with van der Waals surface area (Å²) in [6.07, 6.45) is 11.0. The van der Waals surface area contributed by atoms with Crippen molar-refractivity contribution in [1.29, 1.82) is 0 Å². The van der Waals surface area contributed by atoms with E-state index in [2.05, 4.69) is 48.4 Å². The number of nitrogens with one attached hydrogen (secondary N) is 1. The molecule has 0 saturated heterocycles. The summed E-state index contributed by atoms with van der Waals surface area (Å²) in [6.45, 7) is 6.74. The Morgan fingerprint density at radius 1 is 1.08 bits per heavy atom. The lowest BCUT2D eigenvalue weighted by Gasteiger charge is -2.32. The zero-order valence-electron chi connectivity index (χ0n) is 22.3. The van der Waals surface area contributed by atoms with Gasteiger partial charge < -0.3 is 9.88 Å². The van der Waals surface area contributed by atoms with Crippen LogP contribution in [0.2, 0.25) is 0 Å². The highest BCUT2D eigenvalue weighted by Gasteiger charge is 2.39. The van der Waals surface area contributed by atoms with E-state index in [9.17, 15) is 9.18 Å². The number of rotatable bonds is 8. The summed E-state index contributed by atoms with van der Waals surface area (Å²) in [7, 11) is 0. The molecule has 1 aliphatic rings. The standard InChI is InChI=1S/C33H34FN3O/c1-23-5-8-27-15-17-33(30(27)19-23,28-9-11-29(34)12-10-28)16-4-18-35-32(38)14-7-26-6-13-31(24(2)20-26)37-21-25(3)36-22-37/h5-14,19-22H,4,15-18H2,1-3H3,(H,35,38)/b14-7+. The first kappa shape index (κ1) is 25.7. The zero-order valence-corrected chi connectivity index (χ0v) is 22.3. The Bertz CT molecular complexity index is 1480. The minimum Gasteiger partial charge on any atom is -0.353 e. The van der Waals surface area contributed by atoms with Crippen molar-refractivity contribution < 1.29 is 9.18 Å². The summed E-state index contributed by atoms with van der Waals surface area (Å²) in [4.78, 5) is 16.9. The maximum atomic E-state index is 13.7. The Morgan fingerprint density at radius 2 is 1.89 bits per heavy atom. The smallest absolute Gasteiger partial charge is 0.243 e. The number of aromatic nitrogens is 2. The van der Waals surface area contributed by atoms with Crippen molar-refractivity contribution >= 4 is 12.0 Å². The first-order valence-corrected chi connectivity index (χ1v) is 13.3. The summed E-state index contributed by atoms with van der Waals surface area (Å²) < 4.78 is 15.7. The fourth-order valence-corrected chi connectivity index (χ4v) is 5.77. The number of amides is 1. The maximum Gasteiger partial charge on any atom is 0.243 e. The number of carbonyl (C=O) groups is 1. The molecule has 4 nitrogen and oxygen atoms in total. The number of halogens is 1. The topological polar surface area (TPSA) is 46.9 Å². The number of benzene rings is 3. The van der Waals surface area contributed by atoms with Crippen LogP contribution in [-0.2, 0) is 16.6 Å². The Hall–Kier alpha value is -3.99. The molecule has 0 fully saturated rings. The molecule has 1 heterocycles. The minimum absolute atomic E-state index is 0.101. The van der Waals surface area contributed by atoms with Gasteiger partial charge in [0.15, 0.2) is 0 Å². The Labute approximate surface area is 224 Å². The van der Waals surface area contributed by atoms with Gasteiger partial charge in [-0.05, 0) is 105 Å².